The first-order chi connectivity index (χ1) is 5.72. The van der Waals surface area contributed by atoms with E-state index in [1.807, 2.05) is 0 Å². The molecular formula is C9H17NO2. The quantitative estimate of drug-likeness (QED) is 0.630. The van der Waals surface area contributed by atoms with E-state index in [1.165, 1.54) is 0 Å². The molecule has 3 heteroatoms. The van der Waals surface area contributed by atoms with Crippen molar-refractivity contribution in [1.29, 1.82) is 0 Å². The Morgan fingerprint density at radius 3 is 3.00 bits per heavy atom. The van der Waals surface area contributed by atoms with E-state index in [1.54, 1.807) is 7.11 Å². The van der Waals surface area contributed by atoms with Crippen LogP contribution in [0.1, 0.15) is 20.3 Å². The van der Waals surface area contributed by atoms with Crippen molar-refractivity contribution in [2.24, 2.45) is 10.9 Å². The molecule has 0 fully saturated rings. The van der Waals surface area contributed by atoms with Gasteiger partial charge in [0.05, 0.1) is 19.8 Å². The van der Waals surface area contributed by atoms with Crippen LogP contribution in [0.2, 0.25) is 0 Å². The van der Waals surface area contributed by atoms with E-state index in [2.05, 4.69) is 18.8 Å². The van der Waals surface area contributed by atoms with Crippen molar-refractivity contribution in [2.45, 2.75) is 26.3 Å². The number of aliphatic imine (C=N–C) groups is 1. The summed E-state index contributed by atoms with van der Waals surface area (Å²) in [6.45, 7) is 5.66. The predicted molar refractivity (Wildman–Crippen MR) is 48.5 cm³/mol. The number of nitrogens with zero attached hydrogens (tertiary/aromatic N) is 1. The highest BCUT2D eigenvalue weighted by atomic mass is 16.5. The van der Waals surface area contributed by atoms with Gasteiger partial charge in [-0.15, -0.1) is 0 Å². The van der Waals surface area contributed by atoms with Crippen molar-refractivity contribution in [3.05, 3.63) is 0 Å². The lowest BCUT2D eigenvalue weighted by Gasteiger charge is -2.21. The van der Waals surface area contributed by atoms with Crippen LogP contribution >= 0.6 is 0 Å². The Morgan fingerprint density at radius 1 is 1.67 bits per heavy atom. The molecule has 0 radical (unpaired) electrons. The Balaban J connectivity index is 2.44. The summed E-state index contributed by atoms with van der Waals surface area (Å²) < 4.78 is 10.4. The first kappa shape index (κ1) is 9.52. The lowest BCUT2D eigenvalue weighted by molar-refractivity contribution is 0.118. The standard InChI is InChI=1S/C9H17NO2/c1-7(2)4-8-5-12-6-9(10-8)11-3/h7-8H,4-6H2,1-3H3/t8-/m0/s1. The third kappa shape index (κ3) is 2.81. The van der Waals surface area contributed by atoms with Gasteiger partial charge in [0.1, 0.15) is 6.61 Å². The van der Waals surface area contributed by atoms with Crippen LogP contribution in [-0.4, -0.2) is 32.3 Å². The summed E-state index contributed by atoms with van der Waals surface area (Å²) in [5, 5.41) is 0. The minimum Gasteiger partial charge on any atom is -0.483 e. The fourth-order valence-corrected chi connectivity index (χ4v) is 1.34. The summed E-state index contributed by atoms with van der Waals surface area (Å²) in [5.74, 6) is 1.39. The second kappa shape index (κ2) is 4.45. The van der Waals surface area contributed by atoms with Crippen molar-refractivity contribution < 1.29 is 9.47 Å². The minimum absolute atomic E-state index is 0.300. The largest absolute Gasteiger partial charge is 0.483 e. The van der Waals surface area contributed by atoms with Crippen LogP contribution in [0, 0.1) is 5.92 Å². The fourth-order valence-electron chi connectivity index (χ4n) is 1.34. The fraction of sp³-hybridized carbons (Fsp3) is 0.889. The first-order valence-corrected chi connectivity index (χ1v) is 4.40. The molecule has 0 saturated heterocycles. The highest BCUT2D eigenvalue weighted by Crippen LogP contribution is 2.12. The third-order valence-corrected chi connectivity index (χ3v) is 1.84. The van der Waals surface area contributed by atoms with Crippen molar-refractivity contribution in [3.8, 4) is 0 Å². The number of methoxy groups -OCH3 is 1. The molecule has 1 aliphatic heterocycles. The van der Waals surface area contributed by atoms with E-state index in [-0.39, 0.29) is 0 Å². The minimum atomic E-state index is 0.300. The summed E-state index contributed by atoms with van der Waals surface area (Å²) in [6.07, 6.45) is 1.08. The van der Waals surface area contributed by atoms with E-state index >= 15 is 0 Å². The number of ether oxygens (including phenoxy) is 2. The van der Waals surface area contributed by atoms with E-state index in [4.69, 9.17) is 9.47 Å². The molecule has 1 atom stereocenters. The summed E-state index contributed by atoms with van der Waals surface area (Å²) >= 11 is 0. The Morgan fingerprint density at radius 2 is 2.42 bits per heavy atom. The normalized spacial score (nSPS) is 24.0. The second-order valence-electron chi connectivity index (χ2n) is 3.53. The molecule has 1 heterocycles. The zero-order chi connectivity index (χ0) is 8.97. The molecule has 1 aliphatic rings. The molecule has 0 aromatic carbocycles. The maximum atomic E-state index is 5.33. The Kier molecular flexibility index (Phi) is 3.53. The van der Waals surface area contributed by atoms with Crippen molar-refractivity contribution in [1.82, 2.24) is 0 Å². The van der Waals surface area contributed by atoms with Gasteiger partial charge >= 0.3 is 0 Å². The summed E-state index contributed by atoms with van der Waals surface area (Å²) in [5.41, 5.74) is 0. The van der Waals surface area contributed by atoms with Gasteiger partial charge in [-0.05, 0) is 12.3 Å². The smallest absolute Gasteiger partial charge is 0.210 e. The zero-order valence-corrected chi connectivity index (χ0v) is 8.04. The summed E-state index contributed by atoms with van der Waals surface area (Å²) in [4.78, 5) is 4.41. The van der Waals surface area contributed by atoms with E-state index in [9.17, 15) is 0 Å². The van der Waals surface area contributed by atoms with Crippen LogP contribution in [-0.2, 0) is 9.47 Å². The monoisotopic (exact) mass is 171 g/mol. The predicted octanol–water partition coefficient (Wildman–Crippen LogP) is 1.48. The molecule has 0 spiro atoms. The molecule has 0 aliphatic carbocycles. The average Bonchev–Trinajstić information content (AvgIpc) is 2.03. The SMILES string of the molecule is COC1=N[C@@H](CC(C)C)COC1. The number of hydrogen-bond acceptors (Lipinski definition) is 3. The number of hydrogen-bond donors (Lipinski definition) is 0. The van der Waals surface area contributed by atoms with Gasteiger partial charge in [0.15, 0.2) is 0 Å². The van der Waals surface area contributed by atoms with Gasteiger partial charge in [0.25, 0.3) is 0 Å². The van der Waals surface area contributed by atoms with Crippen LogP contribution in [0.15, 0.2) is 4.99 Å². The average molecular weight is 171 g/mol. The van der Waals surface area contributed by atoms with Gasteiger partial charge in [0, 0.05) is 0 Å². The van der Waals surface area contributed by atoms with E-state index < -0.39 is 0 Å². The van der Waals surface area contributed by atoms with Crippen molar-refractivity contribution in [3.63, 3.8) is 0 Å². The molecule has 1 rings (SSSR count). The lowest BCUT2D eigenvalue weighted by Crippen LogP contribution is -2.27. The first-order valence-electron chi connectivity index (χ1n) is 4.40. The molecule has 3 nitrogen and oxygen atoms in total. The maximum Gasteiger partial charge on any atom is 0.210 e. The number of rotatable bonds is 2. The third-order valence-electron chi connectivity index (χ3n) is 1.84. The lowest BCUT2D eigenvalue weighted by atomic mass is 10.0. The Bertz CT molecular complexity index is 166. The molecule has 12 heavy (non-hydrogen) atoms. The molecule has 0 saturated carbocycles. The van der Waals surface area contributed by atoms with Gasteiger partial charge in [-0.25, -0.2) is 4.99 Å². The van der Waals surface area contributed by atoms with E-state index in [0.717, 1.165) is 18.9 Å². The van der Waals surface area contributed by atoms with Crippen LogP contribution in [0.25, 0.3) is 0 Å². The van der Waals surface area contributed by atoms with Gasteiger partial charge in [-0.2, -0.15) is 0 Å². The molecule has 0 aromatic heterocycles. The van der Waals surface area contributed by atoms with Crippen LogP contribution in [0.5, 0.6) is 0 Å². The zero-order valence-electron chi connectivity index (χ0n) is 8.04. The topological polar surface area (TPSA) is 30.8 Å². The maximum absolute atomic E-state index is 5.33. The molecular weight excluding hydrogens is 154 g/mol. The van der Waals surface area contributed by atoms with Crippen molar-refractivity contribution >= 4 is 5.90 Å². The molecule has 0 N–H and O–H groups in total. The van der Waals surface area contributed by atoms with Crippen molar-refractivity contribution in [2.75, 3.05) is 20.3 Å². The van der Waals surface area contributed by atoms with Crippen LogP contribution < -0.4 is 0 Å². The molecule has 0 bridgehead atoms. The van der Waals surface area contributed by atoms with Crippen LogP contribution in [0.4, 0.5) is 0 Å². The highest BCUT2D eigenvalue weighted by molar-refractivity contribution is 5.77. The Labute approximate surface area is 73.8 Å². The Hall–Kier alpha value is -0.570. The highest BCUT2D eigenvalue weighted by Gasteiger charge is 2.16. The van der Waals surface area contributed by atoms with E-state index in [0.29, 0.717) is 18.6 Å². The second-order valence-corrected chi connectivity index (χ2v) is 3.53. The van der Waals surface area contributed by atoms with Gasteiger partial charge < -0.3 is 9.47 Å². The molecule has 0 amide bonds. The summed E-state index contributed by atoms with van der Waals surface area (Å²) in [7, 11) is 1.64. The van der Waals surface area contributed by atoms with Crippen LogP contribution in [0.3, 0.4) is 0 Å². The van der Waals surface area contributed by atoms with Gasteiger partial charge in [0.2, 0.25) is 5.90 Å². The summed E-state index contributed by atoms with van der Waals surface area (Å²) in [6, 6.07) is 0.300. The molecule has 0 unspecified atom stereocenters. The van der Waals surface area contributed by atoms with Gasteiger partial charge in [-0.1, -0.05) is 13.8 Å². The van der Waals surface area contributed by atoms with Gasteiger partial charge in [-0.3, -0.25) is 0 Å². The molecule has 0 aromatic rings. The molecule has 70 valence electrons.